The molecule has 2 rings (SSSR count). The van der Waals surface area contributed by atoms with Gasteiger partial charge < -0.3 is 0 Å². The normalized spacial score (nSPS) is 25.3. The van der Waals surface area contributed by atoms with E-state index in [1.165, 1.54) is 6.92 Å². The van der Waals surface area contributed by atoms with Crippen LogP contribution in [0.4, 0.5) is 13.2 Å². The summed E-state index contributed by atoms with van der Waals surface area (Å²) < 4.78 is 87.5. The highest BCUT2D eigenvalue weighted by molar-refractivity contribution is 7.92. The Labute approximate surface area is 126 Å². The minimum absolute atomic E-state index is 0.0769. The highest BCUT2D eigenvalue weighted by atomic mass is 32.2. The quantitative estimate of drug-likeness (QED) is 0.890. The molecule has 1 aromatic carbocycles. The third-order valence-electron chi connectivity index (χ3n) is 3.36. The summed E-state index contributed by atoms with van der Waals surface area (Å²) in [4.78, 5) is -0.548. The van der Waals surface area contributed by atoms with Crippen molar-refractivity contribution in [2.45, 2.75) is 30.0 Å². The van der Waals surface area contributed by atoms with Gasteiger partial charge in [0.1, 0.15) is 0 Å². The van der Waals surface area contributed by atoms with E-state index in [0.717, 1.165) is 18.2 Å². The molecule has 1 fully saturated rings. The number of hydrogen-bond acceptors (Lipinski definition) is 4. The van der Waals surface area contributed by atoms with Crippen molar-refractivity contribution in [1.29, 1.82) is 0 Å². The zero-order valence-electron chi connectivity index (χ0n) is 11.5. The molecule has 0 saturated carbocycles. The van der Waals surface area contributed by atoms with Gasteiger partial charge in [-0.15, -0.1) is 0 Å². The Kier molecular flexibility index (Phi) is 4.08. The second kappa shape index (κ2) is 5.20. The summed E-state index contributed by atoms with van der Waals surface area (Å²) in [7, 11) is -7.60. The summed E-state index contributed by atoms with van der Waals surface area (Å²) in [5, 5.41) is 0. The van der Waals surface area contributed by atoms with Crippen molar-refractivity contribution in [2.24, 2.45) is 0 Å². The maximum Gasteiger partial charge on any atom is 0.416 e. The number of alkyl halides is 3. The second-order valence-electron chi connectivity index (χ2n) is 5.53. The lowest BCUT2D eigenvalue weighted by atomic mass is 10.0. The first-order valence-corrected chi connectivity index (χ1v) is 9.55. The molecule has 0 spiro atoms. The van der Waals surface area contributed by atoms with Crippen molar-refractivity contribution in [3.05, 3.63) is 29.8 Å². The first kappa shape index (κ1) is 17.2. The van der Waals surface area contributed by atoms with Gasteiger partial charge in [-0.25, -0.2) is 21.6 Å². The number of nitrogens with one attached hydrogen (secondary N) is 1. The van der Waals surface area contributed by atoms with E-state index in [0.29, 0.717) is 6.07 Å². The Morgan fingerprint density at radius 1 is 1.27 bits per heavy atom. The predicted molar refractivity (Wildman–Crippen MR) is 73.4 cm³/mol. The van der Waals surface area contributed by atoms with Gasteiger partial charge in [-0.1, -0.05) is 6.07 Å². The van der Waals surface area contributed by atoms with Gasteiger partial charge in [0.15, 0.2) is 9.84 Å². The molecule has 0 bridgehead atoms. The molecule has 22 heavy (non-hydrogen) atoms. The van der Waals surface area contributed by atoms with Crippen LogP contribution in [0.3, 0.4) is 0 Å². The molecule has 5 nitrogen and oxygen atoms in total. The van der Waals surface area contributed by atoms with E-state index >= 15 is 0 Å². The molecule has 1 heterocycles. The van der Waals surface area contributed by atoms with Crippen LogP contribution in [0.15, 0.2) is 29.2 Å². The van der Waals surface area contributed by atoms with Crippen molar-refractivity contribution in [3.63, 3.8) is 0 Å². The van der Waals surface area contributed by atoms with Gasteiger partial charge in [0.25, 0.3) is 0 Å². The number of sulfone groups is 1. The molecule has 1 aromatic rings. The fourth-order valence-corrected chi connectivity index (χ4v) is 5.98. The number of rotatable bonds is 3. The molecule has 1 aliphatic heterocycles. The van der Waals surface area contributed by atoms with Crippen LogP contribution in [-0.2, 0) is 26.0 Å². The summed E-state index contributed by atoms with van der Waals surface area (Å²) in [6.45, 7) is 1.42. The van der Waals surface area contributed by atoms with Gasteiger partial charge in [0.2, 0.25) is 10.0 Å². The zero-order chi connectivity index (χ0) is 16.8. The van der Waals surface area contributed by atoms with Crippen LogP contribution in [-0.4, -0.2) is 33.9 Å². The zero-order valence-corrected chi connectivity index (χ0v) is 13.1. The smallest absolute Gasteiger partial charge is 0.229 e. The molecule has 0 aromatic heterocycles. The molecule has 0 radical (unpaired) electrons. The first-order valence-electron chi connectivity index (χ1n) is 6.25. The van der Waals surface area contributed by atoms with Crippen LogP contribution in [0, 0.1) is 0 Å². The Morgan fingerprint density at radius 2 is 1.91 bits per heavy atom. The average molecular weight is 357 g/mol. The molecular formula is C12H14F3NO4S2. The third kappa shape index (κ3) is 3.79. The summed E-state index contributed by atoms with van der Waals surface area (Å²) >= 11 is 0. The monoisotopic (exact) mass is 357 g/mol. The third-order valence-corrected chi connectivity index (χ3v) is 6.89. The molecule has 1 atom stereocenters. The van der Waals surface area contributed by atoms with Gasteiger partial charge >= 0.3 is 6.18 Å². The van der Waals surface area contributed by atoms with Crippen LogP contribution in [0.1, 0.15) is 18.9 Å². The number of benzene rings is 1. The van der Waals surface area contributed by atoms with E-state index in [-0.39, 0.29) is 17.9 Å². The van der Waals surface area contributed by atoms with Crippen LogP contribution >= 0.6 is 0 Å². The lowest BCUT2D eigenvalue weighted by Gasteiger charge is -2.23. The lowest BCUT2D eigenvalue weighted by Crippen LogP contribution is -2.46. The topological polar surface area (TPSA) is 80.3 Å². The van der Waals surface area contributed by atoms with E-state index in [9.17, 15) is 30.0 Å². The molecule has 124 valence electrons. The van der Waals surface area contributed by atoms with Gasteiger partial charge in [-0.05, 0) is 31.5 Å². The van der Waals surface area contributed by atoms with Crippen LogP contribution in [0.2, 0.25) is 0 Å². The largest absolute Gasteiger partial charge is 0.416 e. The number of hydrogen-bond donors (Lipinski definition) is 1. The predicted octanol–water partition coefficient (Wildman–Crippen LogP) is 1.56. The maximum atomic E-state index is 12.6. The van der Waals surface area contributed by atoms with E-state index < -0.39 is 42.0 Å². The first-order chi connectivity index (χ1) is 9.83. The van der Waals surface area contributed by atoms with Crippen LogP contribution < -0.4 is 4.72 Å². The molecule has 10 heteroatoms. The molecule has 0 amide bonds. The minimum Gasteiger partial charge on any atom is -0.229 e. The second-order valence-corrected chi connectivity index (χ2v) is 9.40. The van der Waals surface area contributed by atoms with E-state index in [1.54, 1.807) is 0 Å². The van der Waals surface area contributed by atoms with E-state index in [2.05, 4.69) is 4.72 Å². The number of halogens is 3. The summed E-state index contributed by atoms with van der Waals surface area (Å²) in [5.74, 6) is -0.535. The molecular weight excluding hydrogens is 343 g/mol. The summed E-state index contributed by atoms with van der Waals surface area (Å²) in [6.07, 6.45) is -4.58. The van der Waals surface area contributed by atoms with Crippen molar-refractivity contribution in [3.8, 4) is 0 Å². The average Bonchev–Trinajstić information content (AvgIpc) is 2.61. The summed E-state index contributed by atoms with van der Waals surface area (Å²) in [6, 6.07) is 3.31. The van der Waals surface area contributed by atoms with Crippen molar-refractivity contribution in [2.75, 3.05) is 11.5 Å². The maximum absolute atomic E-state index is 12.6. The Bertz CT molecular complexity index is 787. The fourth-order valence-electron chi connectivity index (χ4n) is 2.31. The van der Waals surface area contributed by atoms with Gasteiger partial charge in [0, 0.05) is 5.54 Å². The van der Waals surface area contributed by atoms with Gasteiger partial charge in [0.05, 0.1) is 22.0 Å². The lowest BCUT2D eigenvalue weighted by molar-refractivity contribution is -0.137. The highest BCUT2D eigenvalue weighted by Crippen LogP contribution is 2.31. The SMILES string of the molecule is C[C@@]1(NS(=O)(=O)c2cccc(C(F)(F)F)c2)CCS(=O)(=O)C1. The van der Waals surface area contributed by atoms with E-state index in [1.807, 2.05) is 0 Å². The fraction of sp³-hybridized carbons (Fsp3) is 0.500. The Morgan fingerprint density at radius 3 is 2.41 bits per heavy atom. The van der Waals surface area contributed by atoms with Crippen molar-refractivity contribution in [1.82, 2.24) is 4.72 Å². The van der Waals surface area contributed by atoms with Gasteiger partial charge in [-0.3, -0.25) is 0 Å². The highest BCUT2D eigenvalue weighted by Gasteiger charge is 2.41. The molecule has 0 aliphatic carbocycles. The summed E-state index contributed by atoms with van der Waals surface area (Å²) in [5.41, 5.74) is -2.30. The van der Waals surface area contributed by atoms with Crippen molar-refractivity contribution >= 4 is 19.9 Å². The van der Waals surface area contributed by atoms with E-state index in [4.69, 9.17) is 0 Å². The molecule has 1 saturated heterocycles. The molecule has 1 N–H and O–H groups in total. The molecule has 0 unspecified atom stereocenters. The Balaban J connectivity index is 2.32. The number of sulfonamides is 1. The minimum atomic E-state index is -4.66. The van der Waals surface area contributed by atoms with Crippen molar-refractivity contribution < 1.29 is 30.0 Å². The van der Waals surface area contributed by atoms with Crippen LogP contribution in [0.5, 0.6) is 0 Å². The van der Waals surface area contributed by atoms with Crippen LogP contribution in [0.25, 0.3) is 0 Å². The molecule has 1 aliphatic rings. The standard InChI is InChI=1S/C12H14F3NO4S2/c1-11(5-6-21(17,18)8-11)16-22(19,20)10-4-2-3-9(7-10)12(13,14)15/h2-4,7,16H,5-6,8H2,1H3/t11-/m1/s1. The van der Waals surface area contributed by atoms with Gasteiger partial charge in [-0.2, -0.15) is 13.2 Å². The Hall–Kier alpha value is -1.13.